The number of hydrogen-bond acceptors (Lipinski definition) is 6. The van der Waals surface area contributed by atoms with Gasteiger partial charge in [-0.1, -0.05) is 6.07 Å². The first kappa shape index (κ1) is 23.8. The van der Waals surface area contributed by atoms with Crippen molar-refractivity contribution in [1.82, 2.24) is 0 Å². The van der Waals surface area contributed by atoms with E-state index in [0.29, 0.717) is 57.0 Å². The van der Waals surface area contributed by atoms with E-state index in [0.717, 1.165) is 24.8 Å². The average molecular weight is 396 g/mol. The predicted molar refractivity (Wildman–Crippen MR) is 105 cm³/mol. The molecule has 0 saturated carbocycles. The van der Waals surface area contributed by atoms with Crippen LogP contribution in [0.1, 0.15) is 57.4 Å². The average Bonchev–Trinajstić information content (AvgIpc) is 2.66. The molecule has 1 aromatic rings. The van der Waals surface area contributed by atoms with Crippen molar-refractivity contribution in [3.05, 3.63) is 23.8 Å². The standard InChI is InChI=1S/C21H32O7/c1-2-26-21(25)11-4-7-16-28-19-10-8-9-18(17(19)12-13-20(23)24)27-15-6-3-5-14-22/h8-10,22H,2-7,11-16H2,1H3,(H,23,24). The SMILES string of the molecule is CCOC(=O)CCCCOc1cccc(OCCCCCO)c1CCC(=O)O. The van der Waals surface area contributed by atoms with E-state index in [1.54, 1.807) is 13.0 Å². The maximum atomic E-state index is 11.3. The van der Waals surface area contributed by atoms with E-state index in [4.69, 9.17) is 24.4 Å². The third kappa shape index (κ3) is 10.2. The lowest BCUT2D eigenvalue weighted by molar-refractivity contribution is -0.143. The second kappa shape index (κ2) is 14.7. The van der Waals surface area contributed by atoms with Crippen LogP contribution in [0.25, 0.3) is 0 Å². The summed E-state index contributed by atoms with van der Waals surface area (Å²) in [6, 6.07) is 5.44. The minimum absolute atomic E-state index is 0.00982. The van der Waals surface area contributed by atoms with Crippen molar-refractivity contribution in [2.45, 2.75) is 58.3 Å². The number of carbonyl (C=O) groups is 2. The van der Waals surface area contributed by atoms with Crippen LogP contribution in [0.5, 0.6) is 11.5 Å². The van der Waals surface area contributed by atoms with Crippen molar-refractivity contribution in [3.63, 3.8) is 0 Å². The van der Waals surface area contributed by atoms with Gasteiger partial charge in [0.15, 0.2) is 0 Å². The van der Waals surface area contributed by atoms with Gasteiger partial charge >= 0.3 is 11.9 Å². The molecule has 0 fully saturated rings. The summed E-state index contributed by atoms with van der Waals surface area (Å²) in [6.45, 7) is 3.27. The highest BCUT2D eigenvalue weighted by molar-refractivity contribution is 5.69. The number of hydrogen-bond donors (Lipinski definition) is 2. The summed E-state index contributed by atoms with van der Waals surface area (Å²) in [6.07, 6.45) is 4.47. The van der Waals surface area contributed by atoms with Crippen molar-refractivity contribution < 1.29 is 34.0 Å². The fraction of sp³-hybridized carbons (Fsp3) is 0.619. The first-order chi connectivity index (χ1) is 13.6. The van der Waals surface area contributed by atoms with Crippen LogP contribution >= 0.6 is 0 Å². The molecule has 0 radical (unpaired) electrons. The summed E-state index contributed by atoms with van der Waals surface area (Å²) in [4.78, 5) is 22.3. The highest BCUT2D eigenvalue weighted by Crippen LogP contribution is 2.30. The topological polar surface area (TPSA) is 102 Å². The van der Waals surface area contributed by atoms with Crippen LogP contribution in [-0.4, -0.2) is 48.6 Å². The van der Waals surface area contributed by atoms with E-state index in [-0.39, 0.29) is 19.0 Å². The van der Waals surface area contributed by atoms with Crippen molar-refractivity contribution in [1.29, 1.82) is 0 Å². The van der Waals surface area contributed by atoms with Crippen molar-refractivity contribution >= 4 is 11.9 Å². The molecule has 0 unspecified atom stereocenters. The van der Waals surface area contributed by atoms with Crippen LogP contribution in [0.3, 0.4) is 0 Å². The van der Waals surface area contributed by atoms with Crippen molar-refractivity contribution in [2.75, 3.05) is 26.4 Å². The van der Waals surface area contributed by atoms with Crippen molar-refractivity contribution in [3.8, 4) is 11.5 Å². The summed E-state index contributed by atoms with van der Waals surface area (Å²) in [7, 11) is 0. The molecular weight excluding hydrogens is 364 g/mol. The summed E-state index contributed by atoms with van der Waals surface area (Å²) in [5.41, 5.74) is 0.748. The molecule has 0 aliphatic carbocycles. The number of aliphatic hydroxyl groups excluding tert-OH is 1. The first-order valence-electron chi connectivity index (χ1n) is 9.94. The smallest absolute Gasteiger partial charge is 0.305 e. The van der Waals surface area contributed by atoms with Gasteiger partial charge in [0.1, 0.15) is 11.5 Å². The Bertz CT molecular complexity index is 586. The molecule has 0 aromatic heterocycles. The second-order valence-electron chi connectivity index (χ2n) is 6.37. The number of carboxylic acids is 1. The van der Waals surface area contributed by atoms with Gasteiger partial charge in [0.05, 0.1) is 19.8 Å². The molecular formula is C21H32O7. The third-order valence-corrected chi connectivity index (χ3v) is 4.08. The molecule has 0 bridgehead atoms. The van der Waals surface area contributed by atoms with Gasteiger partial charge in [-0.05, 0) is 57.6 Å². The highest BCUT2D eigenvalue weighted by atomic mass is 16.5. The van der Waals surface area contributed by atoms with Crippen molar-refractivity contribution in [2.24, 2.45) is 0 Å². The van der Waals surface area contributed by atoms with E-state index >= 15 is 0 Å². The molecule has 0 aliphatic heterocycles. The van der Waals surface area contributed by atoms with E-state index in [2.05, 4.69) is 0 Å². The molecule has 7 heteroatoms. The number of carbonyl (C=O) groups excluding carboxylic acids is 1. The lowest BCUT2D eigenvalue weighted by atomic mass is 10.1. The minimum Gasteiger partial charge on any atom is -0.493 e. The number of rotatable bonds is 16. The Labute approximate surface area is 166 Å². The van der Waals surface area contributed by atoms with Gasteiger partial charge in [-0.3, -0.25) is 9.59 Å². The number of ether oxygens (including phenoxy) is 3. The molecule has 0 heterocycles. The number of carboxylic acid groups (broad SMARTS) is 1. The van der Waals surface area contributed by atoms with Crippen LogP contribution in [0.2, 0.25) is 0 Å². The lowest BCUT2D eigenvalue weighted by Crippen LogP contribution is -2.08. The molecule has 7 nitrogen and oxygen atoms in total. The third-order valence-electron chi connectivity index (χ3n) is 4.08. The van der Waals surface area contributed by atoms with Gasteiger partial charge in [-0.25, -0.2) is 0 Å². The lowest BCUT2D eigenvalue weighted by Gasteiger charge is -2.16. The highest BCUT2D eigenvalue weighted by Gasteiger charge is 2.13. The summed E-state index contributed by atoms with van der Waals surface area (Å²) in [5, 5.41) is 17.8. The summed E-state index contributed by atoms with van der Waals surface area (Å²) in [5.74, 6) is 0.166. The fourth-order valence-electron chi connectivity index (χ4n) is 2.65. The van der Waals surface area contributed by atoms with Gasteiger partial charge in [0.2, 0.25) is 0 Å². The van der Waals surface area contributed by atoms with Crippen LogP contribution in [0, 0.1) is 0 Å². The maximum Gasteiger partial charge on any atom is 0.305 e. The predicted octanol–water partition coefficient (Wildman–Crippen LogP) is 3.36. The Morgan fingerprint density at radius 3 is 2.14 bits per heavy atom. The molecule has 1 aromatic carbocycles. The Balaban J connectivity index is 2.60. The van der Waals surface area contributed by atoms with E-state index in [1.807, 2.05) is 12.1 Å². The molecule has 28 heavy (non-hydrogen) atoms. The molecule has 0 atom stereocenters. The first-order valence-corrected chi connectivity index (χ1v) is 9.94. The normalized spacial score (nSPS) is 10.5. The zero-order valence-corrected chi connectivity index (χ0v) is 16.7. The number of unbranched alkanes of at least 4 members (excludes halogenated alkanes) is 3. The fourth-order valence-corrected chi connectivity index (χ4v) is 2.65. The Kier molecular flexibility index (Phi) is 12.5. The van der Waals surface area contributed by atoms with Gasteiger partial charge in [0.25, 0.3) is 0 Å². The quantitative estimate of drug-likeness (QED) is 0.326. The Morgan fingerprint density at radius 1 is 0.929 bits per heavy atom. The van der Waals surface area contributed by atoms with Crippen LogP contribution in [0.4, 0.5) is 0 Å². The van der Waals surface area contributed by atoms with Gasteiger partial charge < -0.3 is 24.4 Å². The number of benzene rings is 1. The van der Waals surface area contributed by atoms with E-state index in [1.165, 1.54) is 0 Å². The van der Waals surface area contributed by atoms with E-state index < -0.39 is 5.97 Å². The Morgan fingerprint density at radius 2 is 1.57 bits per heavy atom. The summed E-state index contributed by atoms with van der Waals surface area (Å²) >= 11 is 0. The number of aliphatic hydroxyl groups is 1. The molecule has 1 rings (SSSR count). The molecule has 0 amide bonds. The zero-order chi connectivity index (χ0) is 20.6. The number of esters is 1. The molecule has 0 aliphatic rings. The molecule has 158 valence electrons. The van der Waals surface area contributed by atoms with Gasteiger partial charge in [-0.15, -0.1) is 0 Å². The molecule has 0 spiro atoms. The van der Waals surface area contributed by atoms with Crippen LogP contribution in [0.15, 0.2) is 18.2 Å². The monoisotopic (exact) mass is 396 g/mol. The van der Waals surface area contributed by atoms with Gasteiger partial charge in [-0.2, -0.15) is 0 Å². The largest absolute Gasteiger partial charge is 0.493 e. The van der Waals surface area contributed by atoms with Crippen LogP contribution < -0.4 is 9.47 Å². The van der Waals surface area contributed by atoms with Crippen LogP contribution in [-0.2, 0) is 20.7 Å². The van der Waals surface area contributed by atoms with E-state index in [9.17, 15) is 9.59 Å². The summed E-state index contributed by atoms with van der Waals surface area (Å²) < 4.78 is 16.6. The molecule has 2 N–H and O–H groups in total. The van der Waals surface area contributed by atoms with Gasteiger partial charge in [0, 0.05) is 25.0 Å². The number of aliphatic carboxylic acids is 1. The minimum atomic E-state index is -0.877. The second-order valence-corrected chi connectivity index (χ2v) is 6.37. The molecule has 0 saturated heterocycles. The Hall–Kier alpha value is -2.28. The zero-order valence-electron chi connectivity index (χ0n) is 16.7. The maximum absolute atomic E-state index is 11.3.